The Morgan fingerprint density at radius 3 is 2.83 bits per heavy atom. The highest BCUT2D eigenvalue weighted by Crippen LogP contribution is 2.38. The number of amides is 1. The van der Waals surface area contributed by atoms with E-state index in [9.17, 15) is 9.59 Å². The Hall–Kier alpha value is -2.34. The van der Waals surface area contributed by atoms with Gasteiger partial charge in [0.05, 0.1) is 17.8 Å². The number of hydrogen-bond donors (Lipinski definition) is 1. The number of halogens is 1. The number of hydrogen-bond acceptors (Lipinski definition) is 4. The number of anilines is 1. The number of rotatable bonds is 5. The van der Waals surface area contributed by atoms with Crippen molar-refractivity contribution in [1.29, 1.82) is 0 Å². The summed E-state index contributed by atoms with van der Waals surface area (Å²) in [6.07, 6.45) is 2.17. The van der Waals surface area contributed by atoms with Gasteiger partial charge in [-0.2, -0.15) is 5.10 Å². The van der Waals surface area contributed by atoms with Crippen LogP contribution in [0.3, 0.4) is 0 Å². The van der Waals surface area contributed by atoms with Crippen LogP contribution in [0.2, 0.25) is 5.02 Å². The summed E-state index contributed by atoms with van der Waals surface area (Å²) in [5.74, 6) is 0.610. The van der Waals surface area contributed by atoms with Crippen molar-refractivity contribution in [3.63, 3.8) is 0 Å². The molecule has 1 aliphatic carbocycles. The zero-order chi connectivity index (χ0) is 16.4. The van der Waals surface area contributed by atoms with Crippen LogP contribution in [0.25, 0.3) is 0 Å². The van der Waals surface area contributed by atoms with E-state index in [2.05, 4.69) is 10.4 Å². The lowest BCUT2D eigenvalue weighted by Crippen LogP contribution is -2.29. The van der Waals surface area contributed by atoms with Crippen LogP contribution in [0.1, 0.15) is 24.5 Å². The third-order valence-electron chi connectivity index (χ3n) is 3.61. The maximum Gasteiger partial charge on any atom is 0.267 e. The lowest BCUT2D eigenvalue weighted by Gasteiger charge is -2.09. The second kappa shape index (κ2) is 6.42. The van der Waals surface area contributed by atoms with E-state index in [0.29, 0.717) is 22.4 Å². The van der Waals surface area contributed by atoms with Crippen molar-refractivity contribution in [3.8, 4) is 5.75 Å². The molecular formula is C16H16ClN3O3. The predicted octanol–water partition coefficient (Wildman–Crippen LogP) is 2.42. The predicted molar refractivity (Wildman–Crippen MR) is 87.1 cm³/mol. The van der Waals surface area contributed by atoms with Crippen molar-refractivity contribution >= 4 is 23.2 Å². The molecule has 0 spiro atoms. The fourth-order valence-electron chi connectivity index (χ4n) is 2.26. The van der Waals surface area contributed by atoms with Crippen molar-refractivity contribution in [2.24, 2.45) is 0 Å². The van der Waals surface area contributed by atoms with Gasteiger partial charge in [0, 0.05) is 17.7 Å². The lowest BCUT2D eigenvalue weighted by molar-refractivity contribution is -0.117. The number of nitrogens with zero attached hydrogens (tertiary/aromatic N) is 2. The van der Waals surface area contributed by atoms with Gasteiger partial charge < -0.3 is 10.1 Å². The quantitative estimate of drug-likeness (QED) is 0.912. The molecule has 23 heavy (non-hydrogen) atoms. The standard InChI is InChI=1S/C16H16ClN3O3/c1-23-14-6-4-11(8-12(14)17)18-15(21)9-20-16(22)7-5-13(19-20)10-2-3-10/h4-8,10H,2-3,9H2,1H3,(H,18,21). The van der Waals surface area contributed by atoms with E-state index >= 15 is 0 Å². The maximum absolute atomic E-state index is 12.1. The first-order valence-electron chi connectivity index (χ1n) is 7.28. The summed E-state index contributed by atoms with van der Waals surface area (Å²) in [5.41, 5.74) is 1.11. The van der Waals surface area contributed by atoms with Crippen molar-refractivity contribution < 1.29 is 9.53 Å². The second-order valence-electron chi connectivity index (χ2n) is 5.43. The molecule has 1 aromatic carbocycles. The topological polar surface area (TPSA) is 73.2 Å². The molecule has 0 saturated heterocycles. The second-order valence-corrected chi connectivity index (χ2v) is 5.83. The highest BCUT2D eigenvalue weighted by atomic mass is 35.5. The van der Waals surface area contributed by atoms with Gasteiger partial charge in [-0.15, -0.1) is 0 Å². The number of carbonyl (C=O) groups excluding carboxylic acids is 1. The normalized spacial score (nSPS) is 13.7. The number of ether oxygens (including phenoxy) is 1. The number of carbonyl (C=O) groups is 1. The smallest absolute Gasteiger partial charge is 0.267 e. The van der Waals surface area contributed by atoms with Crippen LogP contribution >= 0.6 is 11.6 Å². The van der Waals surface area contributed by atoms with Crippen LogP contribution in [0.5, 0.6) is 5.75 Å². The molecule has 1 aliphatic rings. The van der Waals surface area contributed by atoms with Crippen LogP contribution in [0, 0.1) is 0 Å². The van der Waals surface area contributed by atoms with Crippen molar-refractivity contribution in [2.75, 3.05) is 12.4 Å². The van der Waals surface area contributed by atoms with Gasteiger partial charge in [0.1, 0.15) is 12.3 Å². The van der Waals surface area contributed by atoms with E-state index in [1.54, 1.807) is 24.3 Å². The van der Waals surface area contributed by atoms with Gasteiger partial charge in [-0.1, -0.05) is 11.6 Å². The Labute approximate surface area is 138 Å². The average Bonchev–Trinajstić information content (AvgIpc) is 3.34. The molecule has 7 heteroatoms. The summed E-state index contributed by atoms with van der Waals surface area (Å²) in [4.78, 5) is 23.9. The summed E-state index contributed by atoms with van der Waals surface area (Å²) in [6.45, 7) is -0.136. The molecule has 1 saturated carbocycles. The van der Waals surface area contributed by atoms with Gasteiger partial charge >= 0.3 is 0 Å². The van der Waals surface area contributed by atoms with Crippen LogP contribution < -0.4 is 15.6 Å². The van der Waals surface area contributed by atoms with Crippen LogP contribution in [0.15, 0.2) is 35.1 Å². The molecule has 120 valence electrons. The molecule has 0 radical (unpaired) electrons. The Balaban J connectivity index is 1.71. The van der Waals surface area contributed by atoms with Crippen LogP contribution in [0.4, 0.5) is 5.69 Å². The zero-order valence-corrected chi connectivity index (χ0v) is 13.3. The summed E-state index contributed by atoms with van der Waals surface area (Å²) < 4.78 is 6.25. The minimum Gasteiger partial charge on any atom is -0.495 e. The highest BCUT2D eigenvalue weighted by molar-refractivity contribution is 6.32. The Morgan fingerprint density at radius 2 is 2.17 bits per heavy atom. The Bertz CT molecular complexity index is 799. The largest absolute Gasteiger partial charge is 0.495 e. The fourth-order valence-corrected chi connectivity index (χ4v) is 2.51. The number of aromatic nitrogens is 2. The fraction of sp³-hybridized carbons (Fsp3) is 0.312. The van der Waals surface area contributed by atoms with E-state index in [-0.39, 0.29) is 18.0 Å². The third kappa shape index (κ3) is 3.71. The lowest BCUT2D eigenvalue weighted by atomic mass is 10.3. The molecule has 0 unspecified atom stereocenters. The molecule has 1 aromatic heterocycles. The molecule has 1 N–H and O–H groups in total. The molecule has 0 bridgehead atoms. The molecule has 3 rings (SSSR count). The third-order valence-corrected chi connectivity index (χ3v) is 3.91. The van der Waals surface area contributed by atoms with Gasteiger partial charge in [-0.05, 0) is 37.1 Å². The SMILES string of the molecule is COc1ccc(NC(=O)Cn2nc(C3CC3)ccc2=O)cc1Cl. The molecule has 0 atom stereocenters. The highest BCUT2D eigenvalue weighted by Gasteiger charge is 2.25. The monoisotopic (exact) mass is 333 g/mol. The molecule has 1 amide bonds. The minimum atomic E-state index is -0.339. The molecule has 1 fully saturated rings. The summed E-state index contributed by atoms with van der Waals surface area (Å²) in [5, 5.41) is 7.35. The minimum absolute atomic E-state index is 0.136. The average molecular weight is 334 g/mol. The van der Waals surface area contributed by atoms with E-state index in [0.717, 1.165) is 18.5 Å². The summed E-state index contributed by atoms with van der Waals surface area (Å²) in [7, 11) is 1.52. The van der Waals surface area contributed by atoms with Crippen molar-refractivity contribution in [1.82, 2.24) is 9.78 Å². The van der Waals surface area contributed by atoms with E-state index in [1.807, 2.05) is 0 Å². The summed E-state index contributed by atoms with van der Waals surface area (Å²) >= 11 is 6.02. The van der Waals surface area contributed by atoms with Gasteiger partial charge in [0.15, 0.2) is 0 Å². The van der Waals surface area contributed by atoms with E-state index in [1.165, 1.54) is 17.9 Å². The zero-order valence-electron chi connectivity index (χ0n) is 12.6. The van der Waals surface area contributed by atoms with Gasteiger partial charge in [-0.3, -0.25) is 9.59 Å². The number of methoxy groups -OCH3 is 1. The number of benzene rings is 1. The maximum atomic E-state index is 12.1. The van der Waals surface area contributed by atoms with Crippen molar-refractivity contribution in [3.05, 3.63) is 51.4 Å². The van der Waals surface area contributed by atoms with Gasteiger partial charge in [-0.25, -0.2) is 4.68 Å². The van der Waals surface area contributed by atoms with E-state index < -0.39 is 0 Å². The Morgan fingerprint density at radius 1 is 1.39 bits per heavy atom. The molecule has 0 aliphatic heterocycles. The van der Waals surface area contributed by atoms with Crippen LogP contribution in [-0.2, 0) is 11.3 Å². The molecule has 6 nitrogen and oxygen atoms in total. The van der Waals surface area contributed by atoms with Crippen LogP contribution in [-0.4, -0.2) is 22.8 Å². The Kier molecular flexibility index (Phi) is 4.34. The van der Waals surface area contributed by atoms with Crippen molar-refractivity contribution in [2.45, 2.75) is 25.3 Å². The first-order chi connectivity index (χ1) is 11.1. The molecule has 1 heterocycles. The summed E-state index contributed by atoms with van der Waals surface area (Å²) in [6, 6.07) is 8.13. The van der Waals surface area contributed by atoms with E-state index in [4.69, 9.17) is 16.3 Å². The molecular weight excluding hydrogens is 318 g/mol. The first kappa shape index (κ1) is 15.6. The van der Waals surface area contributed by atoms with Gasteiger partial charge in [0.25, 0.3) is 5.56 Å². The van der Waals surface area contributed by atoms with Gasteiger partial charge in [0.2, 0.25) is 5.91 Å². The first-order valence-corrected chi connectivity index (χ1v) is 7.66. The number of nitrogens with one attached hydrogen (secondary N) is 1. The molecule has 2 aromatic rings.